The second kappa shape index (κ2) is 2.47. The van der Waals surface area contributed by atoms with Crippen LogP contribution in [0.15, 0.2) is 0 Å². The molecule has 0 spiro atoms. The summed E-state index contributed by atoms with van der Waals surface area (Å²) in [5, 5.41) is 9.13. The Morgan fingerprint density at radius 2 is 1.77 bits per heavy atom. The minimum Gasteiger partial charge on any atom is -0.481 e. The van der Waals surface area contributed by atoms with E-state index in [1.807, 2.05) is 0 Å². The number of carboxylic acid groups (broad SMARTS) is 1. The van der Waals surface area contributed by atoms with Crippen LogP contribution in [-0.4, -0.2) is 35.6 Å². The Hall–Kier alpha value is -0.570. The van der Waals surface area contributed by atoms with Crippen molar-refractivity contribution in [2.75, 3.05) is 19.6 Å². The summed E-state index contributed by atoms with van der Waals surface area (Å²) >= 11 is 0. The summed E-state index contributed by atoms with van der Waals surface area (Å²) in [6.07, 6.45) is 2.34. The Morgan fingerprint density at radius 3 is 2.23 bits per heavy atom. The molecule has 0 amide bonds. The van der Waals surface area contributed by atoms with Crippen molar-refractivity contribution in [3.05, 3.63) is 0 Å². The summed E-state index contributed by atoms with van der Waals surface area (Å²) in [5.41, 5.74) is 0. The highest BCUT2D eigenvalue weighted by Crippen LogP contribution is 2.46. The number of piperidine rings is 3. The lowest BCUT2D eigenvalue weighted by atomic mass is 9.62. The maximum atomic E-state index is 11.1. The molecule has 4 rings (SSSR count). The van der Waals surface area contributed by atoms with Gasteiger partial charge in [-0.25, -0.2) is 0 Å². The van der Waals surface area contributed by atoms with Crippen molar-refractivity contribution in [1.82, 2.24) is 4.90 Å². The third kappa shape index (κ3) is 1.03. The van der Waals surface area contributed by atoms with E-state index < -0.39 is 5.97 Å². The summed E-state index contributed by atoms with van der Waals surface area (Å²) in [6, 6.07) is 0. The molecule has 3 heteroatoms. The molecule has 13 heavy (non-hydrogen) atoms. The second-order valence-electron chi connectivity index (χ2n) is 4.94. The minimum absolute atomic E-state index is 0.0206. The van der Waals surface area contributed by atoms with E-state index >= 15 is 0 Å². The Kier molecular flexibility index (Phi) is 1.48. The minimum atomic E-state index is -0.546. The van der Waals surface area contributed by atoms with E-state index in [4.69, 9.17) is 5.11 Å². The molecule has 0 aromatic rings. The summed E-state index contributed by atoms with van der Waals surface area (Å²) in [6.45, 7) is 3.33. The average molecular weight is 181 g/mol. The topological polar surface area (TPSA) is 40.5 Å². The van der Waals surface area contributed by atoms with Crippen LogP contribution in [0.25, 0.3) is 0 Å². The highest BCUT2D eigenvalue weighted by Gasteiger charge is 2.50. The van der Waals surface area contributed by atoms with Crippen LogP contribution in [0.1, 0.15) is 12.8 Å². The largest absolute Gasteiger partial charge is 0.481 e. The number of nitrogens with zero attached hydrogens (tertiary/aromatic N) is 1. The monoisotopic (exact) mass is 181 g/mol. The van der Waals surface area contributed by atoms with E-state index in [0.29, 0.717) is 11.8 Å². The van der Waals surface area contributed by atoms with Crippen molar-refractivity contribution in [3.8, 4) is 0 Å². The SMILES string of the molecule is O=C(O)C1[C@H]2CC3C[C@H]1CN(C3)C2. The Labute approximate surface area is 77.7 Å². The molecule has 1 saturated carbocycles. The molecule has 0 radical (unpaired) electrons. The third-order valence-electron chi connectivity index (χ3n) is 4.07. The fourth-order valence-corrected chi connectivity index (χ4v) is 3.81. The fraction of sp³-hybridized carbons (Fsp3) is 0.900. The third-order valence-corrected chi connectivity index (χ3v) is 4.07. The van der Waals surface area contributed by atoms with E-state index in [0.717, 1.165) is 19.0 Å². The first-order valence-corrected chi connectivity index (χ1v) is 5.19. The number of rotatable bonds is 1. The standard InChI is InChI=1S/C10H15NO2/c12-10(13)9-7-1-6-2-8(9)5-11(3-6)4-7/h6-9H,1-5H2,(H,12,13)/t6?,7-,8-,9?/m0/s1. The summed E-state index contributed by atoms with van der Waals surface area (Å²) < 4.78 is 0. The Balaban J connectivity index is 1.89. The highest BCUT2D eigenvalue weighted by atomic mass is 16.4. The van der Waals surface area contributed by atoms with Crippen LogP contribution in [0.5, 0.6) is 0 Å². The lowest BCUT2D eigenvalue weighted by Crippen LogP contribution is -2.59. The molecule has 4 bridgehead atoms. The van der Waals surface area contributed by atoms with E-state index in [-0.39, 0.29) is 5.92 Å². The van der Waals surface area contributed by atoms with Crippen molar-refractivity contribution in [2.24, 2.45) is 23.7 Å². The quantitative estimate of drug-likeness (QED) is 0.646. The van der Waals surface area contributed by atoms with Gasteiger partial charge in [-0.05, 0) is 30.6 Å². The van der Waals surface area contributed by atoms with Gasteiger partial charge in [-0.1, -0.05) is 0 Å². The van der Waals surface area contributed by atoms with Crippen molar-refractivity contribution >= 4 is 5.97 Å². The van der Waals surface area contributed by atoms with E-state index in [1.165, 1.54) is 19.4 Å². The van der Waals surface area contributed by atoms with Gasteiger partial charge in [-0.15, -0.1) is 0 Å². The van der Waals surface area contributed by atoms with Gasteiger partial charge in [0.05, 0.1) is 5.92 Å². The molecule has 1 aliphatic carbocycles. The number of hydrogen-bond acceptors (Lipinski definition) is 2. The lowest BCUT2D eigenvalue weighted by Gasteiger charge is -2.54. The number of carbonyl (C=O) groups is 1. The second-order valence-corrected chi connectivity index (χ2v) is 4.94. The zero-order valence-corrected chi connectivity index (χ0v) is 7.65. The zero-order chi connectivity index (χ0) is 9.00. The van der Waals surface area contributed by atoms with Crippen molar-refractivity contribution in [2.45, 2.75) is 12.8 Å². The molecular weight excluding hydrogens is 166 g/mol. The first-order valence-electron chi connectivity index (χ1n) is 5.19. The fourth-order valence-electron chi connectivity index (χ4n) is 3.81. The van der Waals surface area contributed by atoms with Crippen LogP contribution in [0.3, 0.4) is 0 Å². The number of aliphatic carboxylic acids is 1. The van der Waals surface area contributed by atoms with Gasteiger partial charge in [0.1, 0.15) is 0 Å². The predicted octanol–water partition coefficient (Wildman–Crippen LogP) is 0.659. The smallest absolute Gasteiger partial charge is 0.307 e. The molecule has 0 aromatic carbocycles. The van der Waals surface area contributed by atoms with Gasteiger partial charge in [-0.2, -0.15) is 0 Å². The molecule has 3 nitrogen and oxygen atoms in total. The predicted molar refractivity (Wildman–Crippen MR) is 47.3 cm³/mol. The van der Waals surface area contributed by atoms with Gasteiger partial charge in [-0.3, -0.25) is 4.79 Å². The zero-order valence-electron chi connectivity index (χ0n) is 7.65. The van der Waals surface area contributed by atoms with Gasteiger partial charge < -0.3 is 10.0 Å². The molecule has 0 unspecified atom stereocenters. The highest BCUT2D eigenvalue weighted by molar-refractivity contribution is 5.71. The average Bonchev–Trinajstić information content (AvgIpc) is 2.00. The van der Waals surface area contributed by atoms with Crippen LogP contribution < -0.4 is 0 Å². The molecule has 2 atom stereocenters. The first-order chi connectivity index (χ1) is 6.24. The lowest BCUT2D eigenvalue weighted by molar-refractivity contribution is -0.157. The summed E-state index contributed by atoms with van der Waals surface area (Å²) in [5.74, 6) is 1.17. The molecule has 3 heterocycles. The molecule has 1 N–H and O–H groups in total. The van der Waals surface area contributed by atoms with E-state index in [2.05, 4.69) is 4.90 Å². The molecule has 3 saturated heterocycles. The van der Waals surface area contributed by atoms with E-state index in [1.54, 1.807) is 0 Å². The summed E-state index contributed by atoms with van der Waals surface area (Å²) in [4.78, 5) is 13.5. The van der Waals surface area contributed by atoms with Crippen molar-refractivity contribution in [3.63, 3.8) is 0 Å². The van der Waals surface area contributed by atoms with Gasteiger partial charge in [0.15, 0.2) is 0 Å². The maximum Gasteiger partial charge on any atom is 0.307 e. The molecule has 3 aliphatic heterocycles. The molecule has 4 aliphatic rings. The van der Waals surface area contributed by atoms with Crippen LogP contribution >= 0.6 is 0 Å². The van der Waals surface area contributed by atoms with Gasteiger partial charge >= 0.3 is 5.97 Å². The van der Waals surface area contributed by atoms with Gasteiger partial charge in [0.25, 0.3) is 0 Å². The van der Waals surface area contributed by atoms with Gasteiger partial charge in [0.2, 0.25) is 0 Å². The van der Waals surface area contributed by atoms with Crippen molar-refractivity contribution in [1.29, 1.82) is 0 Å². The van der Waals surface area contributed by atoms with Gasteiger partial charge in [0, 0.05) is 19.6 Å². The molecule has 0 aromatic heterocycles. The maximum absolute atomic E-state index is 11.1. The van der Waals surface area contributed by atoms with Crippen LogP contribution in [0.4, 0.5) is 0 Å². The Morgan fingerprint density at radius 1 is 1.15 bits per heavy atom. The van der Waals surface area contributed by atoms with E-state index in [9.17, 15) is 4.79 Å². The number of hydrogen-bond donors (Lipinski definition) is 1. The first kappa shape index (κ1) is 7.80. The normalized spacial score (nSPS) is 52.5. The Bertz CT molecular complexity index is 223. The van der Waals surface area contributed by atoms with Crippen LogP contribution in [-0.2, 0) is 4.79 Å². The molecule has 72 valence electrons. The summed E-state index contributed by atoms with van der Waals surface area (Å²) in [7, 11) is 0. The van der Waals surface area contributed by atoms with Crippen molar-refractivity contribution < 1.29 is 9.90 Å². The molecule has 4 fully saturated rings. The molecular formula is C10H15NO2. The number of carboxylic acids is 1. The van der Waals surface area contributed by atoms with Crippen LogP contribution in [0, 0.1) is 23.7 Å². The van der Waals surface area contributed by atoms with Crippen LogP contribution in [0.2, 0.25) is 0 Å².